The number of halogens is 2. The Hall–Kier alpha value is -4.29. The van der Waals surface area contributed by atoms with Gasteiger partial charge in [-0.05, 0) is 56.7 Å². The number of fused-ring (bicyclic) bond motifs is 1. The quantitative estimate of drug-likeness (QED) is 0.326. The molecule has 2 atom stereocenters. The van der Waals surface area contributed by atoms with Crippen LogP contribution in [0.5, 0.6) is 5.75 Å². The highest BCUT2D eigenvalue weighted by molar-refractivity contribution is 7.90. The molecule has 1 amide bonds. The minimum atomic E-state index is -3.83. The van der Waals surface area contributed by atoms with Crippen LogP contribution >= 0.6 is 11.6 Å². The lowest BCUT2D eigenvalue weighted by Crippen LogP contribution is -2.58. The summed E-state index contributed by atoms with van der Waals surface area (Å²) in [5, 5.41) is 10.8. The van der Waals surface area contributed by atoms with Gasteiger partial charge >= 0.3 is 5.69 Å². The number of pyridine rings is 1. The molecular weight excluding hydrogens is 597 g/mol. The summed E-state index contributed by atoms with van der Waals surface area (Å²) in [7, 11) is -3.83. The number of phenolic OH excluding ortho intramolecular Hbond substituents is 1. The molecule has 4 aromatic rings. The summed E-state index contributed by atoms with van der Waals surface area (Å²) >= 11 is 6.68. The summed E-state index contributed by atoms with van der Waals surface area (Å²) in [6.07, 6.45) is 2.28. The van der Waals surface area contributed by atoms with E-state index in [4.69, 9.17) is 11.6 Å². The fourth-order valence-corrected chi connectivity index (χ4v) is 6.69. The summed E-state index contributed by atoms with van der Waals surface area (Å²) in [6.45, 7) is 9.58. The number of benzene rings is 2. The molecule has 13 heteroatoms. The number of carbonyl (C=O) groups is 1. The summed E-state index contributed by atoms with van der Waals surface area (Å²) in [5.74, 6) is -1.22. The zero-order valence-electron chi connectivity index (χ0n) is 23.9. The van der Waals surface area contributed by atoms with E-state index >= 15 is 4.39 Å². The predicted molar refractivity (Wildman–Crippen MR) is 163 cm³/mol. The van der Waals surface area contributed by atoms with Crippen LogP contribution in [0.25, 0.3) is 28.0 Å². The molecule has 43 heavy (non-hydrogen) atoms. The Morgan fingerprint density at radius 3 is 2.49 bits per heavy atom. The predicted octanol–water partition coefficient (Wildman–Crippen LogP) is 4.27. The second-order valence-electron chi connectivity index (χ2n) is 10.6. The van der Waals surface area contributed by atoms with Crippen molar-refractivity contribution in [1.29, 1.82) is 0 Å². The van der Waals surface area contributed by atoms with Crippen LogP contribution in [0.1, 0.15) is 19.4 Å². The van der Waals surface area contributed by atoms with E-state index in [1.165, 1.54) is 30.3 Å². The third-order valence-corrected chi connectivity index (χ3v) is 8.99. The van der Waals surface area contributed by atoms with Gasteiger partial charge in [-0.3, -0.25) is 4.79 Å². The zero-order chi connectivity index (χ0) is 31.4. The van der Waals surface area contributed by atoms with Crippen molar-refractivity contribution in [2.45, 2.75) is 37.8 Å². The number of rotatable bonds is 5. The van der Waals surface area contributed by atoms with Crippen molar-refractivity contribution in [3.05, 3.63) is 82.0 Å². The number of aryl methyl sites for hydroxylation is 1. The van der Waals surface area contributed by atoms with E-state index in [1.807, 2.05) is 18.7 Å². The molecule has 3 heterocycles. The van der Waals surface area contributed by atoms with Gasteiger partial charge in [0.1, 0.15) is 17.4 Å². The number of aromatic nitrogens is 3. The summed E-state index contributed by atoms with van der Waals surface area (Å²) in [6, 6.07) is 9.23. The fraction of sp³-hybridized carbons (Fsp3) is 0.267. The Morgan fingerprint density at radius 1 is 1.14 bits per heavy atom. The van der Waals surface area contributed by atoms with Gasteiger partial charge in [0.05, 0.1) is 32.2 Å². The fourth-order valence-electron chi connectivity index (χ4n) is 5.51. The number of para-hydroxylation sites is 1. The minimum absolute atomic E-state index is 0.0320. The van der Waals surface area contributed by atoms with Crippen molar-refractivity contribution in [3.8, 4) is 22.7 Å². The maximum Gasteiger partial charge on any atom is 0.355 e. The maximum absolute atomic E-state index is 15.0. The molecule has 224 valence electrons. The molecule has 0 aliphatic carbocycles. The topological polar surface area (TPSA) is 126 Å². The van der Waals surface area contributed by atoms with E-state index in [2.05, 4.69) is 16.5 Å². The first kappa shape index (κ1) is 30.2. The van der Waals surface area contributed by atoms with Crippen molar-refractivity contribution < 1.29 is 22.7 Å². The molecule has 1 aliphatic rings. The lowest BCUT2D eigenvalue weighted by atomic mass is 10.1. The third-order valence-electron chi connectivity index (χ3n) is 7.57. The van der Waals surface area contributed by atoms with E-state index < -0.39 is 27.1 Å². The first-order valence-corrected chi connectivity index (χ1v) is 15.6. The van der Waals surface area contributed by atoms with Crippen LogP contribution < -0.4 is 10.6 Å². The highest BCUT2D eigenvalue weighted by Crippen LogP contribution is 2.39. The van der Waals surface area contributed by atoms with Crippen LogP contribution in [-0.2, 0) is 14.6 Å². The summed E-state index contributed by atoms with van der Waals surface area (Å²) < 4.78 is 41.8. The molecule has 1 fully saturated rings. The average Bonchev–Trinajstić information content (AvgIpc) is 2.93. The normalized spacial score (nSPS) is 17.3. The monoisotopic (exact) mass is 625 g/mol. The number of phenols is 1. The van der Waals surface area contributed by atoms with Crippen molar-refractivity contribution in [1.82, 2.24) is 19.4 Å². The zero-order valence-corrected chi connectivity index (χ0v) is 25.4. The van der Waals surface area contributed by atoms with Gasteiger partial charge in [0.15, 0.2) is 15.5 Å². The van der Waals surface area contributed by atoms with Crippen molar-refractivity contribution in [2.75, 3.05) is 24.2 Å². The second kappa shape index (κ2) is 11.1. The van der Waals surface area contributed by atoms with Crippen molar-refractivity contribution in [3.63, 3.8) is 0 Å². The average molecular weight is 626 g/mol. The minimum Gasteiger partial charge on any atom is -0.507 e. The highest BCUT2D eigenvalue weighted by atomic mass is 35.5. The number of aromatic hydroxyl groups is 1. The SMILES string of the molecule is C=CC(=O)N1C[C@H](C)N(c2nc(=O)n(-c3c(C)cccc3S(C)(=O)=O)c3nc(-c4c(O)cccc4F)c(Cl)cc23)C[C@H]1C. The number of hydrogen-bond donors (Lipinski definition) is 1. The molecule has 0 spiro atoms. The van der Waals surface area contributed by atoms with E-state index in [1.54, 1.807) is 24.0 Å². The lowest BCUT2D eigenvalue weighted by Gasteiger charge is -2.44. The van der Waals surface area contributed by atoms with Crippen LogP contribution in [0.4, 0.5) is 10.2 Å². The molecule has 1 saturated heterocycles. The van der Waals surface area contributed by atoms with E-state index in [0.717, 1.165) is 16.9 Å². The number of anilines is 1. The Balaban J connectivity index is 1.87. The number of carbonyl (C=O) groups excluding carboxylic acids is 1. The number of sulfone groups is 1. The van der Waals surface area contributed by atoms with Gasteiger partial charge in [-0.1, -0.05) is 36.4 Å². The molecule has 0 saturated carbocycles. The molecule has 0 radical (unpaired) electrons. The van der Waals surface area contributed by atoms with Gasteiger partial charge in [0.25, 0.3) is 0 Å². The van der Waals surface area contributed by atoms with Crippen molar-refractivity contribution >= 4 is 44.2 Å². The number of amides is 1. The summed E-state index contributed by atoms with van der Waals surface area (Å²) in [4.78, 5) is 38.8. The van der Waals surface area contributed by atoms with Crippen LogP contribution in [0.3, 0.4) is 0 Å². The molecule has 2 aromatic carbocycles. The maximum atomic E-state index is 15.0. The molecule has 1 N–H and O–H groups in total. The van der Waals surface area contributed by atoms with Gasteiger partial charge in [-0.2, -0.15) is 4.98 Å². The highest BCUT2D eigenvalue weighted by Gasteiger charge is 2.34. The smallest absolute Gasteiger partial charge is 0.355 e. The Bertz CT molecular complexity index is 1960. The molecule has 0 bridgehead atoms. The first-order chi connectivity index (χ1) is 20.2. The third kappa shape index (κ3) is 5.25. The van der Waals surface area contributed by atoms with Crippen LogP contribution in [0.2, 0.25) is 5.02 Å². The van der Waals surface area contributed by atoms with Crippen molar-refractivity contribution in [2.24, 2.45) is 0 Å². The van der Waals surface area contributed by atoms with Gasteiger partial charge in [0.2, 0.25) is 5.91 Å². The molecule has 5 rings (SSSR count). The molecule has 1 aliphatic heterocycles. The van der Waals surface area contributed by atoms with E-state index in [9.17, 15) is 23.1 Å². The Kier molecular flexibility index (Phi) is 7.78. The van der Waals surface area contributed by atoms with Gasteiger partial charge in [-0.15, -0.1) is 0 Å². The van der Waals surface area contributed by atoms with E-state index in [-0.39, 0.29) is 61.7 Å². The Morgan fingerprint density at radius 2 is 1.84 bits per heavy atom. The van der Waals surface area contributed by atoms with Gasteiger partial charge in [0, 0.05) is 31.4 Å². The Labute approximate surface area is 252 Å². The lowest BCUT2D eigenvalue weighted by molar-refractivity contribution is -0.128. The molecule has 0 unspecified atom stereocenters. The van der Waals surface area contributed by atoms with Gasteiger partial charge < -0.3 is 14.9 Å². The van der Waals surface area contributed by atoms with Crippen LogP contribution in [0, 0.1) is 12.7 Å². The molecular formula is C30H29ClFN5O5S. The second-order valence-corrected chi connectivity index (χ2v) is 13.0. The summed E-state index contributed by atoms with van der Waals surface area (Å²) in [5.41, 5.74) is -0.803. The van der Waals surface area contributed by atoms with Crippen LogP contribution in [-0.4, -0.2) is 70.3 Å². The molecule has 2 aromatic heterocycles. The molecule has 10 nitrogen and oxygen atoms in total. The number of piperazine rings is 1. The largest absolute Gasteiger partial charge is 0.507 e. The first-order valence-electron chi connectivity index (χ1n) is 13.4. The van der Waals surface area contributed by atoms with E-state index in [0.29, 0.717) is 18.7 Å². The van der Waals surface area contributed by atoms with Gasteiger partial charge in [-0.25, -0.2) is 27.2 Å². The van der Waals surface area contributed by atoms with Crippen LogP contribution in [0.15, 0.2) is 64.8 Å². The number of hydrogen-bond acceptors (Lipinski definition) is 8. The standard InChI is InChI=1S/C30H29ClFN5O5S/c1-6-24(39)35-14-18(4)36(15-17(35)3)28-19-13-20(31)26(25-21(32)10-8-11-22(25)38)33-29(19)37(30(40)34-28)27-16(2)9-7-12-23(27)43(5,41)42/h6-13,17-18,38H,1,14-15H2,2-5H3/t17-,18+/m1/s1. The number of nitrogens with zero attached hydrogens (tertiary/aromatic N) is 5.